The summed E-state index contributed by atoms with van der Waals surface area (Å²) in [4.78, 5) is 51.1. The summed E-state index contributed by atoms with van der Waals surface area (Å²) in [6.07, 6.45) is -0.507. The van der Waals surface area contributed by atoms with Gasteiger partial charge >= 0.3 is 6.09 Å². The van der Waals surface area contributed by atoms with Crippen LogP contribution in [-0.4, -0.2) is 56.6 Å². The molecule has 39 heavy (non-hydrogen) atoms. The van der Waals surface area contributed by atoms with Crippen molar-refractivity contribution in [1.29, 1.82) is 0 Å². The van der Waals surface area contributed by atoms with Gasteiger partial charge in [-0.1, -0.05) is 24.2 Å². The van der Waals surface area contributed by atoms with Gasteiger partial charge in [-0.05, 0) is 36.8 Å². The average Bonchev–Trinajstić information content (AvgIpc) is 2.85. The number of nitrogens with one attached hydrogen (secondary N) is 2. The van der Waals surface area contributed by atoms with E-state index >= 15 is 0 Å². The lowest BCUT2D eigenvalue weighted by Gasteiger charge is -2.41. The second-order valence-electron chi connectivity index (χ2n) is 9.41. The molecule has 12 heteroatoms. The maximum Gasteiger partial charge on any atom is 0.407 e. The number of hydrogen-bond acceptors (Lipinski definition) is 6. The van der Waals surface area contributed by atoms with Crippen molar-refractivity contribution in [2.24, 2.45) is 0 Å². The Morgan fingerprint density at radius 2 is 1.90 bits per heavy atom. The van der Waals surface area contributed by atoms with Gasteiger partial charge in [-0.25, -0.2) is 13.6 Å². The molecule has 1 unspecified atom stereocenters. The summed E-state index contributed by atoms with van der Waals surface area (Å²) in [5.74, 6) is -4.33. The van der Waals surface area contributed by atoms with Crippen LogP contribution >= 0.6 is 11.6 Å². The van der Waals surface area contributed by atoms with Gasteiger partial charge in [0.1, 0.15) is 11.6 Å². The quantitative estimate of drug-likeness (QED) is 0.377. The molecule has 4 amide bonds. The number of ether oxygens (including phenoxy) is 1. The zero-order chi connectivity index (χ0) is 28.3. The Labute approximate surface area is 228 Å². The number of halogens is 3. The molecule has 0 radical (unpaired) electrons. The Morgan fingerprint density at radius 3 is 2.54 bits per heavy atom. The van der Waals surface area contributed by atoms with Crippen LogP contribution in [0.3, 0.4) is 0 Å². The van der Waals surface area contributed by atoms with Crippen LogP contribution in [0, 0.1) is 11.6 Å². The number of piperidine rings is 1. The molecule has 0 spiro atoms. The van der Waals surface area contributed by atoms with Gasteiger partial charge in [-0.3, -0.25) is 19.7 Å². The van der Waals surface area contributed by atoms with E-state index in [1.54, 1.807) is 36.2 Å². The average molecular weight is 561 g/mol. The molecule has 2 heterocycles. The van der Waals surface area contributed by atoms with E-state index in [-0.39, 0.29) is 54.6 Å². The van der Waals surface area contributed by atoms with Crippen LogP contribution in [0.15, 0.2) is 48.6 Å². The Kier molecular flexibility index (Phi) is 8.49. The van der Waals surface area contributed by atoms with Crippen LogP contribution in [0.1, 0.15) is 30.7 Å². The van der Waals surface area contributed by atoms with Gasteiger partial charge in [-0.15, -0.1) is 0 Å². The molecule has 2 aromatic carbocycles. The minimum atomic E-state index is -1.07. The topological polar surface area (TPSA) is 108 Å². The molecule has 9 nitrogen and oxygen atoms in total. The number of hydrogen-bond donors (Lipinski definition) is 2. The van der Waals surface area contributed by atoms with Crippen molar-refractivity contribution in [2.45, 2.75) is 31.2 Å². The minimum Gasteiger partial charge on any atom is -0.449 e. The van der Waals surface area contributed by atoms with Crippen LogP contribution in [0.2, 0.25) is 5.02 Å². The summed E-state index contributed by atoms with van der Waals surface area (Å²) < 4.78 is 34.7. The van der Waals surface area contributed by atoms with Crippen molar-refractivity contribution in [1.82, 2.24) is 10.6 Å². The summed E-state index contributed by atoms with van der Waals surface area (Å²) in [7, 11) is 1.59. The summed E-state index contributed by atoms with van der Waals surface area (Å²) in [5, 5.41) is 5.26. The van der Waals surface area contributed by atoms with E-state index in [0.29, 0.717) is 23.8 Å². The number of amides is 4. The van der Waals surface area contributed by atoms with Gasteiger partial charge in [0.15, 0.2) is 0 Å². The summed E-state index contributed by atoms with van der Waals surface area (Å²) in [6, 6.07) is 8.77. The van der Waals surface area contributed by atoms with Crippen molar-refractivity contribution in [3.05, 3.63) is 70.8 Å². The Balaban J connectivity index is 1.21. The molecule has 4 rings (SSSR count). The van der Waals surface area contributed by atoms with Crippen LogP contribution in [0.25, 0.3) is 0 Å². The first-order valence-electron chi connectivity index (χ1n) is 12.3. The number of carbonyl (C=O) groups is 4. The smallest absolute Gasteiger partial charge is 0.407 e. The Morgan fingerprint density at radius 1 is 1.21 bits per heavy atom. The minimum absolute atomic E-state index is 0.0110. The second-order valence-corrected chi connectivity index (χ2v) is 9.84. The third-order valence-corrected chi connectivity index (χ3v) is 6.89. The molecule has 2 fully saturated rings. The van der Waals surface area contributed by atoms with E-state index < -0.39 is 35.5 Å². The molecule has 2 aliphatic heterocycles. The van der Waals surface area contributed by atoms with Crippen molar-refractivity contribution in [2.75, 3.05) is 36.5 Å². The molecule has 2 aromatic rings. The van der Waals surface area contributed by atoms with Gasteiger partial charge in [-0.2, -0.15) is 0 Å². The molecule has 2 saturated heterocycles. The van der Waals surface area contributed by atoms with Gasteiger partial charge < -0.3 is 19.9 Å². The van der Waals surface area contributed by atoms with Crippen molar-refractivity contribution < 1.29 is 32.7 Å². The first kappa shape index (κ1) is 28.0. The number of rotatable bonds is 8. The number of anilines is 2. The number of alkyl carbamates (subject to hydrolysis) is 1. The summed E-state index contributed by atoms with van der Waals surface area (Å²) in [5.41, 5.74) is 0.768. The molecular weight excluding hydrogens is 534 g/mol. The third kappa shape index (κ3) is 6.54. The highest BCUT2D eigenvalue weighted by Gasteiger charge is 2.34. The highest BCUT2D eigenvalue weighted by molar-refractivity contribution is 6.31. The predicted molar refractivity (Wildman–Crippen MR) is 141 cm³/mol. The molecule has 0 saturated carbocycles. The van der Waals surface area contributed by atoms with Gasteiger partial charge in [0, 0.05) is 60.5 Å². The van der Waals surface area contributed by atoms with Crippen LogP contribution in [0.5, 0.6) is 0 Å². The number of nitrogens with zero attached hydrogens (tertiary/aromatic N) is 2. The molecule has 0 aromatic heterocycles. The number of benzene rings is 2. The molecule has 0 aliphatic carbocycles. The Bertz CT molecular complexity index is 1310. The summed E-state index contributed by atoms with van der Waals surface area (Å²) >= 11 is 5.97. The van der Waals surface area contributed by atoms with Crippen LogP contribution in [0.4, 0.5) is 25.0 Å². The van der Waals surface area contributed by atoms with Crippen LogP contribution in [-0.2, 0) is 19.1 Å². The largest absolute Gasteiger partial charge is 0.449 e. The molecule has 1 atom stereocenters. The normalized spacial score (nSPS) is 17.2. The maximum absolute atomic E-state index is 14.8. The van der Waals surface area contributed by atoms with E-state index in [1.165, 1.54) is 4.90 Å². The Hall–Kier alpha value is -3.99. The predicted octanol–water partition coefficient (Wildman–Crippen LogP) is 3.66. The summed E-state index contributed by atoms with van der Waals surface area (Å²) in [6.45, 7) is 4.29. The molecule has 2 N–H and O–H groups in total. The number of likely N-dealkylation sites (N-methyl/N-ethyl adjacent to an activating group) is 1. The molecule has 206 valence electrons. The van der Waals surface area contributed by atoms with Crippen molar-refractivity contribution >= 4 is 46.8 Å². The lowest BCUT2D eigenvalue weighted by molar-refractivity contribution is -0.134. The van der Waals surface area contributed by atoms with E-state index in [4.69, 9.17) is 16.3 Å². The van der Waals surface area contributed by atoms with Gasteiger partial charge in [0.25, 0.3) is 5.91 Å². The standard InChI is InChI=1S/C27H27ClF2N4O5/c1-15(26(37)33(2)18-5-3-4-16(28)10-18)8-9-39-27(38)31-17-13-34(14-17)19-11-21(29)24(22(30)12-19)20-6-7-23(35)32-25(20)36/h3-5,10-12,17,20H,1,6-9,13-14H2,2H3,(H,31,38)(H,32,35,36). The van der Waals surface area contributed by atoms with Crippen molar-refractivity contribution in [3.63, 3.8) is 0 Å². The first-order chi connectivity index (χ1) is 18.5. The SMILES string of the molecule is C=C(CCOC(=O)NC1CN(c2cc(F)c(C3CCC(=O)NC3=O)c(F)c2)C1)C(=O)N(C)c1cccc(Cl)c1. The van der Waals surface area contributed by atoms with E-state index in [1.807, 2.05) is 0 Å². The van der Waals surface area contributed by atoms with Gasteiger partial charge in [0.2, 0.25) is 11.8 Å². The molecule has 0 bridgehead atoms. The fourth-order valence-corrected chi connectivity index (χ4v) is 4.64. The maximum atomic E-state index is 14.8. The van der Waals surface area contributed by atoms with Crippen molar-refractivity contribution in [3.8, 4) is 0 Å². The second kappa shape index (κ2) is 11.8. The number of imide groups is 1. The molecular formula is C27H27ClF2N4O5. The third-order valence-electron chi connectivity index (χ3n) is 6.66. The zero-order valence-electron chi connectivity index (χ0n) is 21.1. The fraction of sp³-hybridized carbons (Fsp3) is 0.333. The fourth-order valence-electron chi connectivity index (χ4n) is 4.46. The van der Waals surface area contributed by atoms with Gasteiger partial charge in [0.05, 0.1) is 18.6 Å². The number of carbonyl (C=O) groups excluding carboxylic acids is 4. The lowest BCUT2D eigenvalue weighted by Crippen LogP contribution is -2.59. The van der Waals surface area contributed by atoms with Crippen LogP contribution < -0.4 is 20.4 Å². The lowest BCUT2D eigenvalue weighted by atomic mass is 9.89. The van der Waals surface area contributed by atoms with E-state index in [9.17, 15) is 28.0 Å². The highest BCUT2D eigenvalue weighted by Crippen LogP contribution is 2.33. The first-order valence-corrected chi connectivity index (χ1v) is 12.6. The van der Waals surface area contributed by atoms with E-state index in [0.717, 1.165) is 12.1 Å². The zero-order valence-corrected chi connectivity index (χ0v) is 21.9. The monoisotopic (exact) mass is 560 g/mol. The molecule has 2 aliphatic rings. The van der Waals surface area contributed by atoms with E-state index in [2.05, 4.69) is 17.2 Å². The highest BCUT2D eigenvalue weighted by atomic mass is 35.5.